The minimum atomic E-state index is -4.43. The van der Waals surface area contributed by atoms with E-state index < -0.39 is 27.4 Å². The van der Waals surface area contributed by atoms with Crippen LogP contribution in [0.15, 0.2) is 83.9 Å². The monoisotopic (exact) mass is 665 g/mol. The van der Waals surface area contributed by atoms with E-state index >= 15 is 0 Å². The van der Waals surface area contributed by atoms with Crippen LogP contribution in [0.4, 0.5) is 11.5 Å². The highest BCUT2D eigenvalue weighted by Gasteiger charge is 2.43. The third kappa shape index (κ3) is 5.95. The molecule has 0 bridgehead atoms. The van der Waals surface area contributed by atoms with Crippen LogP contribution in [0.1, 0.15) is 20.8 Å². The quantitative estimate of drug-likeness (QED) is 0.202. The van der Waals surface area contributed by atoms with Crippen LogP contribution < -0.4 is 14.5 Å². The Labute approximate surface area is 272 Å². The van der Waals surface area contributed by atoms with Gasteiger partial charge in [0.15, 0.2) is 0 Å². The van der Waals surface area contributed by atoms with E-state index in [0.29, 0.717) is 0 Å². The Morgan fingerprint density at radius 1 is 0.956 bits per heavy atom. The molecule has 0 radical (unpaired) electrons. The van der Waals surface area contributed by atoms with Crippen molar-refractivity contribution in [1.29, 1.82) is 0 Å². The van der Waals surface area contributed by atoms with Gasteiger partial charge in [0.1, 0.15) is 11.9 Å². The molecular formula is C33H33Cl2N5O4S. The second kappa shape index (κ2) is 11.8. The number of piperazine rings is 1. The van der Waals surface area contributed by atoms with Gasteiger partial charge >= 0.3 is 5.97 Å². The standard InChI is InChI=1S/C33H33Cl2N5O4S/c1-33(2,3)31(32(41)42)40(45(43,44)26-19-23(34)18-24(35)20-26)25-8-9-27-22(17-25)11-14-39(27)28-6-4-5-21-7-10-29(37-30(21)28)38-15-12-36-13-16-38/h4-11,14,17-20,31,36H,12-13,15-16H2,1-3H3,(H,41,42). The van der Waals surface area contributed by atoms with Crippen molar-refractivity contribution < 1.29 is 18.3 Å². The lowest BCUT2D eigenvalue weighted by atomic mass is 9.86. The number of fused-ring (bicyclic) bond motifs is 2. The molecule has 1 aliphatic rings. The number of hydrogen-bond donors (Lipinski definition) is 2. The molecule has 3 heterocycles. The number of aliphatic carboxylic acids is 1. The van der Waals surface area contributed by atoms with Gasteiger partial charge in [-0.3, -0.25) is 4.31 Å². The summed E-state index contributed by atoms with van der Waals surface area (Å²) < 4.78 is 31.4. The van der Waals surface area contributed by atoms with E-state index in [4.69, 9.17) is 28.2 Å². The first kappa shape index (κ1) is 31.2. The van der Waals surface area contributed by atoms with Crippen molar-refractivity contribution in [3.63, 3.8) is 0 Å². The van der Waals surface area contributed by atoms with Gasteiger partial charge in [0.25, 0.3) is 10.0 Å². The zero-order valence-corrected chi connectivity index (χ0v) is 27.4. The summed E-state index contributed by atoms with van der Waals surface area (Å²) in [4.78, 5) is 19.8. The lowest BCUT2D eigenvalue weighted by Gasteiger charge is -2.37. The molecule has 234 valence electrons. The molecule has 12 heteroatoms. The molecule has 0 saturated carbocycles. The largest absolute Gasteiger partial charge is 0.480 e. The molecular weight excluding hydrogens is 633 g/mol. The lowest BCUT2D eigenvalue weighted by Crippen LogP contribution is -2.52. The van der Waals surface area contributed by atoms with Crippen LogP contribution in [0.5, 0.6) is 0 Å². The van der Waals surface area contributed by atoms with E-state index in [0.717, 1.165) is 63.8 Å². The van der Waals surface area contributed by atoms with Gasteiger partial charge < -0.3 is 19.9 Å². The summed E-state index contributed by atoms with van der Waals surface area (Å²) in [6.45, 7) is 8.64. The zero-order valence-electron chi connectivity index (χ0n) is 25.0. The Morgan fingerprint density at radius 3 is 2.33 bits per heavy atom. The molecule has 2 N–H and O–H groups in total. The molecule has 0 spiro atoms. The number of benzene rings is 3. The smallest absolute Gasteiger partial charge is 0.328 e. The van der Waals surface area contributed by atoms with Gasteiger partial charge in [-0.05, 0) is 66.1 Å². The number of carboxylic acid groups (broad SMARTS) is 1. The molecule has 1 aliphatic heterocycles. The SMILES string of the molecule is CC(C)(C)C(C(=O)O)N(c1ccc2c(ccn2-c2cccc3ccc(N4CCNCC4)nc23)c1)S(=O)(=O)c1cc(Cl)cc(Cl)c1. The van der Waals surface area contributed by atoms with E-state index in [1.54, 1.807) is 39.0 Å². The van der Waals surface area contributed by atoms with Crippen molar-refractivity contribution >= 4 is 72.5 Å². The number of aromatic nitrogens is 2. The van der Waals surface area contributed by atoms with Crippen LogP contribution in [0.25, 0.3) is 27.5 Å². The Balaban J connectivity index is 1.49. The fourth-order valence-corrected chi connectivity index (χ4v) is 8.41. The number of pyridine rings is 1. The van der Waals surface area contributed by atoms with Gasteiger partial charge in [-0.25, -0.2) is 18.2 Å². The average Bonchev–Trinajstić information content (AvgIpc) is 3.41. The number of anilines is 2. The molecule has 1 fully saturated rings. The first-order valence-corrected chi connectivity index (χ1v) is 16.7. The molecule has 6 rings (SSSR count). The fourth-order valence-electron chi connectivity index (χ4n) is 5.90. The van der Waals surface area contributed by atoms with E-state index in [9.17, 15) is 18.3 Å². The van der Waals surface area contributed by atoms with Crippen molar-refractivity contribution in [2.24, 2.45) is 5.41 Å². The minimum absolute atomic E-state index is 0.125. The number of nitrogens with zero attached hydrogens (tertiary/aromatic N) is 4. The van der Waals surface area contributed by atoms with Crippen molar-refractivity contribution in [2.75, 3.05) is 35.4 Å². The normalized spacial score (nSPS) is 15.0. The zero-order chi connectivity index (χ0) is 32.1. The number of para-hydroxylation sites is 1. The van der Waals surface area contributed by atoms with E-state index in [2.05, 4.69) is 16.3 Å². The van der Waals surface area contributed by atoms with Crippen LogP contribution in [-0.4, -0.2) is 61.3 Å². The second-order valence-electron chi connectivity index (χ2n) is 12.2. The molecule has 1 unspecified atom stereocenters. The fraction of sp³-hybridized carbons (Fsp3) is 0.273. The number of halogens is 2. The Morgan fingerprint density at radius 2 is 1.67 bits per heavy atom. The van der Waals surface area contributed by atoms with Gasteiger partial charge in [-0.2, -0.15) is 0 Å². The number of carbonyl (C=O) groups is 1. The summed E-state index contributed by atoms with van der Waals surface area (Å²) in [7, 11) is -4.43. The van der Waals surface area contributed by atoms with Crippen LogP contribution in [0.3, 0.4) is 0 Å². The van der Waals surface area contributed by atoms with Gasteiger partial charge in [0.05, 0.1) is 27.3 Å². The van der Waals surface area contributed by atoms with Crippen molar-refractivity contribution in [2.45, 2.75) is 31.7 Å². The van der Waals surface area contributed by atoms with Crippen molar-refractivity contribution in [3.05, 3.63) is 89.0 Å². The van der Waals surface area contributed by atoms with Gasteiger partial charge in [-0.15, -0.1) is 0 Å². The summed E-state index contributed by atoms with van der Waals surface area (Å²) in [5.41, 5.74) is 1.76. The van der Waals surface area contributed by atoms with Crippen LogP contribution in [0.2, 0.25) is 10.0 Å². The Kier molecular flexibility index (Phi) is 8.19. The second-order valence-corrected chi connectivity index (χ2v) is 14.9. The molecule has 0 amide bonds. The van der Waals surface area contributed by atoms with E-state index in [1.165, 1.54) is 18.2 Å². The Bertz CT molecular complexity index is 2010. The summed E-state index contributed by atoms with van der Waals surface area (Å²) in [5.74, 6) is -0.363. The van der Waals surface area contributed by atoms with Crippen molar-refractivity contribution in [3.8, 4) is 5.69 Å². The third-order valence-corrected chi connectivity index (χ3v) is 10.2. The van der Waals surface area contributed by atoms with E-state index in [1.807, 2.05) is 41.1 Å². The molecule has 1 saturated heterocycles. The first-order valence-electron chi connectivity index (χ1n) is 14.5. The molecule has 3 aromatic carbocycles. The minimum Gasteiger partial charge on any atom is -0.480 e. The van der Waals surface area contributed by atoms with Crippen LogP contribution >= 0.6 is 23.2 Å². The van der Waals surface area contributed by atoms with E-state index in [-0.39, 0.29) is 20.6 Å². The molecule has 9 nitrogen and oxygen atoms in total. The summed E-state index contributed by atoms with van der Waals surface area (Å²) >= 11 is 12.4. The maximum absolute atomic E-state index is 14.2. The number of hydrogen-bond acceptors (Lipinski definition) is 6. The van der Waals surface area contributed by atoms with Crippen molar-refractivity contribution in [1.82, 2.24) is 14.9 Å². The highest BCUT2D eigenvalue weighted by Crippen LogP contribution is 2.38. The topological polar surface area (TPSA) is 108 Å². The number of nitrogens with one attached hydrogen (secondary N) is 1. The number of carboxylic acids is 1. The highest BCUT2D eigenvalue weighted by atomic mass is 35.5. The van der Waals surface area contributed by atoms with Gasteiger partial charge in [0.2, 0.25) is 0 Å². The molecule has 2 aromatic heterocycles. The summed E-state index contributed by atoms with van der Waals surface area (Å²) in [6.07, 6.45) is 1.91. The summed E-state index contributed by atoms with van der Waals surface area (Å²) in [5, 5.41) is 15.7. The molecule has 1 atom stereocenters. The Hall–Kier alpha value is -3.83. The predicted octanol–water partition coefficient (Wildman–Crippen LogP) is 6.59. The summed E-state index contributed by atoms with van der Waals surface area (Å²) in [6, 6.07) is 19.7. The van der Waals surface area contributed by atoms with Gasteiger partial charge in [0, 0.05) is 53.2 Å². The molecule has 5 aromatic rings. The average molecular weight is 667 g/mol. The third-order valence-electron chi connectivity index (χ3n) is 7.99. The predicted molar refractivity (Wildman–Crippen MR) is 181 cm³/mol. The lowest BCUT2D eigenvalue weighted by molar-refractivity contribution is -0.140. The van der Waals surface area contributed by atoms with Gasteiger partial charge in [-0.1, -0.05) is 56.1 Å². The van der Waals surface area contributed by atoms with Crippen LogP contribution in [-0.2, 0) is 14.8 Å². The van der Waals surface area contributed by atoms with Crippen LogP contribution in [0, 0.1) is 5.41 Å². The maximum Gasteiger partial charge on any atom is 0.328 e. The maximum atomic E-state index is 14.2. The molecule has 0 aliphatic carbocycles. The number of rotatable bonds is 7. The number of sulfonamides is 1. The first-order chi connectivity index (χ1) is 21.3. The molecule has 45 heavy (non-hydrogen) atoms. The highest BCUT2D eigenvalue weighted by molar-refractivity contribution is 7.93.